The van der Waals surface area contributed by atoms with Gasteiger partial charge < -0.3 is 14.4 Å². The summed E-state index contributed by atoms with van der Waals surface area (Å²) in [4.78, 5) is 23.6. The van der Waals surface area contributed by atoms with Gasteiger partial charge in [0.25, 0.3) is 0 Å². The molecule has 0 aromatic heterocycles. The van der Waals surface area contributed by atoms with Crippen molar-refractivity contribution in [3.8, 4) is 11.5 Å². The summed E-state index contributed by atoms with van der Waals surface area (Å²) in [6, 6.07) is 7.62. The standard InChI is InChI=1S/C17H23NO4/c1-13(19)7-9-18(10-8-14(2)20)11-15-12-21-16-5-3-4-6-17(16)22-15/h3-6,15H,7-12H2,1-2H3/p+1/t15-/m0/s1. The molecule has 0 saturated heterocycles. The van der Waals surface area contributed by atoms with Crippen LogP contribution in [0.3, 0.4) is 0 Å². The van der Waals surface area contributed by atoms with Gasteiger partial charge in [0, 0.05) is 0 Å². The number of carbonyl (C=O) groups excluding carboxylic acids is 2. The number of hydrogen-bond donors (Lipinski definition) is 1. The Labute approximate surface area is 131 Å². The normalized spacial score (nSPS) is 16.6. The highest BCUT2D eigenvalue weighted by Gasteiger charge is 2.25. The fourth-order valence-electron chi connectivity index (χ4n) is 2.52. The predicted molar refractivity (Wildman–Crippen MR) is 82.5 cm³/mol. The zero-order chi connectivity index (χ0) is 15.9. The molecule has 22 heavy (non-hydrogen) atoms. The number of fused-ring (bicyclic) bond motifs is 1. The van der Waals surface area contributed by atoms with Crippen molar-refractivity contribution in [2.75, 3.05) is 26.2 Å². The summed E-state index contributed by atoms with van der Waals surface area (Å²) in [6.07, 6.45) is 0.998. The molecule has 1 aliphatic rings. The van der Waals surface area contributed by atoms with E-state index in [-0.39, 0.29) is 17.7 Å². The molecule has 1 aliphatic heterocycles. The lowest BCUT2D eigenvalue weighted by atomic mass is 10.2. The molecular formula is C17H24NO4+. The Morgan fingerprint density at radius 3 is 2.27 bits per heavy atom. The van der Waals surface area contributed by atoms with E-state index in [1.54, 1.807) is 13.8 Å². The number of nitrogens with one attached hydrogen (secondary N) is 1. The van der Waals surface area contributed by atoms with Gasteiger partial charge in [-0.15, -0.1) is 0 Å². The van der Waals surface area contributed by atoms with Crippen molar-refractivity contribution in [1.82, 2.24) is 0 Å². The summed E-state index contributed by atoms with van der Waals surface area (Å²) in [7, 11) is 0. The van der Waals surface area contributed by atoms with E-state index in [4.69, 9.17) is 9.47 Å². The van der Waals surface area contributed by atoms with Gasteiger partial charge in [-0.1, -0.05) is 12.1 Å². The fraction of sp³-hybridized carbons (Fsp3) is 0.529. The molecule has 0 spiro atoms. The Morgan fingerprint density at radius 1 is 1.09 bits per heavy atom. The number of ether oxygens (including phenoxy) is 2. The molecular weight excluding hydrogens is 282 g/mol. The first-order valence-electron chi connectivity index (χ1n) is 7.75. The third-order valence-electron chi connectivity index (χ3n) is 3.75. The SMILES string of the molecule is CC(=O)CC[NH+](CCC(C)=O)C[C@H]1COc2ccccc2O1. The molecule has 1 heterocycles. The molecule has 120 valence electrons. The largest absolute Gasteiger partial charge is 0.486 e. The second-order valence-electron chi connectivity index (χ2n) is 5.86. The Hall–Kier alpha value is -1.88. The van der Waals surface area contributed by atoms with E-state index in [9.17, 15) is 9.59 Å². The van der Waals surface area contributed by atoms with Crippen LogP contribution in [0.1, 0.15) is 26.7 Å². The monoisotopic (exact) mass is 306 g/mol. The first-order valence-corrected chi connectivity index (χ1v) is 7.75. The first-order chi connectivity index (χ1) is 10.5. The maximum Gasteiger partial charge on any atom is 0.181 e. The molecule has 0 unspecified atom stereocenters. The average molecular weight is 306 g/mol. The minimum absolute atomic E-state index is 0.0520. The maximum absolute atomic E-state index is 11.2. The van der Waals surface area contributed by atoms with Crippen LogP contribution >= 0.6 is 0 Å². The molecule has 5 nitrogen and oxygen atoms in total. The van der Waals surface area contributed by atoms with Gasteiger partial charge in [0.15, 0.2) is 17.6 Å². The quantitative estimate of drug-likeness (QED) is 0.767. The zero-order valence-corrected chi connectivity index (χ0v) is 13.3. The van der Waals surface area contributed by atoms with E-state index < -0.39 is 0 Å². The number of rotatable bonds is 8. The summed E-state index contributed by atoms with van der Waals surface area (Å²) >= 11 is 0. The highest BCUT2D eigenvalue weighted by molar-refractivity contribution is 5.75. The average Bonchev–Trinajstić information content (AvgIpc) is 2.49. The lowest BCUT2D eigenvalue weighted by Gasteiger charge is -2.29. The number of hydrogen-bond acceptors (Lipinski definition) is 4. The molecule has 1 aromatic rings. The van der Waals surface area contributed by atoms with Gasteiger partial charge in [0.05, 0.1) is 25.9 Å². The van der Waals surface area contributed by atoms with E-state index in [0.717, 1.165) is 31.1 Å². The Bertz CT molecular complexity index is 511. The van der Waals surface area contributed by atoms with Crippen molar-refractivity contribution in [2.45, 2.75) is 32.8 Å². The van der Waals surface area contributed by atoms with Gasteiger partial charge in [-0.25, -0.2) is 0 Å². The molecule has 1 atom stereocenters. The van der Waals surface area contributed by atoms with Crippen LogP contribution in [0.15, 0.2) is 24.3 Å². The van der Waals surface area contributed by atoms with Crippen LogP contribution in [0.4, 0.5) is 0 Å². The van der Waals surface area contributed by atoms with Gasteiger partial charge >= 0.3 is 0 Å². The molecule has 5 heteroatoms. The molecule has 0 radical (unpaired) electrons. The van der Waals surface area contributed by atoms with Crippen molar-refractivity contribution in [2.24, 2.45) is 0 Å². The third kappa shape index (κ3) is 5.15. The van der Waals surface area contributed by atoms with Crippen LogP contribution in [0, 0.1) is 0 Å². The Balaban J connectivity index is 1.91. The van der Waals surface area contributed by atoms with E-state index in [2.05, 4.69) is 0 Å². The number of benzene rings is 1. The van der Waals surface area contributed by atoms with Crippen LogP contribution < -0.4 is 14.4 Å². The topological polar surface area (TPSA) is 57.0 Å². The molecule has 1 aromatic carbocycles. The van der Waals surface area contributed by atoms with Crippen molar-refractivity contribution >= 4 is 11.6 Å². The van der Waals surface area contributed by atoms with Gasteiger partial charge in [-0.3, -0.25) is 9.59 Å². The van der Waals surface area contributed by atoms with Crippen molar-refractivity contribution in [1.29, 1.82) is 0 Å². The minimum Gasteiger partial charge on any atom is -0.486 e. The van der Waals surface area contributed by atoms with Crippen LogP contribution in [-0.4, -0.2) is 43.9 Å². The Morgan fingerprint density at radius 2 is 1.68 bits per heavy atom. The van der Waals surface area contributed by atoms with Gasteiger partial charge in [0.2, 0.25) is 0 Å². The summed E-state index contributed by atoms with van der Waals surface area (Å²) in [6.45, 7) is 5.88. The molecule has 0 aliphatic carbocycles. The number of Topliss-reactive ketones (excluding diaryl/α,β-unsaturated/α-hetero) is 2. The summed E-state index contributed by atoms with van der Waals surface area (Å²) in [5.74, 6) is 1.88. The van der Waals surface area contributed by atoms with E-state index >= 15 is 0 Å². The highest BCUT2D eigenvalue weighted by Crippen LogP contribution is 2.30. The lowest BCUT2D eigenvalue weighted by molar-refractivity contribution is -0.901. The molecule has 1 N–H and O–H groups in total. The number of quaternary nitrogens is 1. The zero-order valence-electron chi connectivity index (χ0n) is 13.3. The fourth-order valence-corrected chi connectivity index (χ4v) is 2.52. The minimum atomic E-state index is -0.0520. The van der Waals surface area contributed by atoms with Crippen LogP contribution in [-0.2, 0) is 9.59 Å². The second kappa shape index (κ2) is 7.94. The van der Waals surface area contributed by atoms with Gasteiger partial charge in [0.1, 0.15) is 24.7 Å². The Kier molecular flexibility index (Phi) is 5.95. The summed E-state index contributed by atoms with van der Waals surface area (Å²) in [5, 5.41) is 0. The summed E-state index contributed by atoms with van der Waals surface area (Å²) in [5.41, 5.74) is 0. The van der Waals surface area contributed by atoms with Crippen molar-refractivity contribution < 1.29 is 24.0 Å². The third-order valence-corrected chi connectivity index (χ3v) is 3.75. The number of para-hydroxylation sites is 2. The van der Waals surface area contributed by atoms with Crippen molar-refractivity contribution in [3.05, 3.63) is 24.3 Å². The molecule has 0 fully saturated rings. The molecule has 0 saturated carbocycles. The van der Waals surface area contributed by atoms with E-state index in [0.29, 0.717) is 19.4 Å². The summed E-state index contributed by atoms with van der Waals surface area (Å²) < 4.78 is 11.7. The predicted octanol–water partition coefficient (Wildman–Crippen LogP) is 0.670. The van der Waals surface area contributed by atoms with Crippen LogP contribution in [0.25, 0.3) is 0 Å². The van der Waals surface area contributed by atoms with Crippen LogP contribution in [0.5, 0.6) is 11.5 Å². The van der Waals surface area contributed by atoms with Gasteiger partial charge in [-0.2, -0.15) is 0 Å². The second-order valence-corrected chi connectivity index (χ2v) is 5.86. The van der Waals surface area contributed by atoms with Crippen LogP contribution in [0.2, 0.25) is 0 Å². The smallest absolute Gasteiger partial charge is 0.181 e. The number of ketones is 2. The highest BCUT2D eigenvalue weighted by atomic mass is 16.6. The van der Waals surface area contributed by atoms with Gasteiger partial charge in [-0.05, 0) is 26.0 Å². The van der Waals surface area contributed by atoms with E-state index in [1.807, 2.05) is 24.3 Å². The molecule has 0 amide bonds. The number of carbonyl (C=O) groups is 2. The maximum atomic E-state index is 11.2. The molecule has 2 rings (SSSR count). The lowest BCUT2D eigenvalue weighted by Crippen LogP contribution is -3.13. The van der Waals surface area contributed by atoms with Crippen molar-refractivity contribution in [3.63, 3.8) is 0 Å². The first kappa shape index (κ1) is 16.5. The molecule has 0 bridgehead atoms. The van der Waals surface area contributed by atoms with E-state index in [1.165, 1.54) is 4.90 Å².